The van der Waals surface area contributed by atoms with Crippen molar-refractivity contribution in [1.29, 1.82) is 0 Å². The first-order valence-corrected chi connectivity index (χ1v) is 10.7. The van der Waals surface area contributed by atoms with Gasteiger partial charge in [-0.2, -0.15) is 0 Å². The highest BCUT2D eigenvalue weighted by atomic mass is 16.5. The Morgan fingerprint density at radius 2 is 1.46 bits per heavy atom. The lowest BCUT2D eigenvalue weighted by Crippen LogP contribution is -2.22. The van der Waals surface area contributed by atoms with E-state index in [9.17, 15) is 14.4 Å². The lowest BCUT2D eigenvalue weighted by Gasteiger charge is -2.15. The molecule has 35 heavy (non-hydrogen) atoms. The van der Waals surface area contributed by atoms with E-state index >= 15 is 0 Å². The first-order valence-electron chi connectivity index (χ1n) is 10.7. The van der Waals surface area contributed by atoms with Gasteiger partial charge in [-0.05, 0) is 59.3 Å². The molecule has 0 aromatic heterocycles. The summed E-state index contributed by atoms with van der Waals surface area (Å²) in [7, 11) is 1.52. The molecule has 0 spiro atoms. The number of nitrogens with one attached hydrogen (secondary N) is 2. The number of hydrogen-bond donors (Lipinski definition) is 3. The van der Waals surface area contributed by atoms with Crippen molar-refractivity contribution in [3.63, 3.8) is 0 Å². The van der Waals surface area contributed by atoms with Crippen LogP contribution < -0.4 is 25.8 Å². The number of para-hydroxylation sites is 2. The van der Waals surface area contributed by atoms with E-state index in [2.05, 4.69) is 10.6 Å². The zero-order valence-corrected chi connectivity index (χ0v) is 18.9. The molecule has 4 N–H and O–H groups in total. The molecule has 0 aliphatic rings. The highest BCUT2D eigenvalue weighted by Gasteiger charge is 2.17. The Hall–Kier alpha value is -4.85. The molecule has 4 aromatic rings. The number of carbonyl (C=O) groups excluding carboxylic acids is 3. The zero-order valence-electron chi connectivity index (χ0n) is 18.9. The van der Waals surface area contributed by atoms with Crippen molar-refractivity contribution in [2.24, 2.45) is 5.73 Å². The predicted octanol–water partition coefficient (Wildman–Crippen LogP) is 4.22. The molecule has 3 amide bonds. The number of carbonyl (C=O) groups is 3. The number of anilines is 2. The normalized spacial score (nSPS) is 10.4. The average molecular weight is 469 g/mol. The molecule has 0 fully saturated rings. The molecule has 0 atom stereocenters. The van der Waals surface area contributed by atoms with E-state index in [0.29, 0.717) is 22.7 Å². The smallest absolute Gasteiger partial charge is 0.262 e. The Bertz CT molecular complexity index is 1400. The topological polar surface area (TPSA) is 120 Å². The van der Waals surface area contributed by atoms with E-state index < -0.39 is 17.7 Å². The minimum Gasteiger partial charge on any atom is -0.495 e. The maximum Gasteiger partial charge on any atom is 0.262 e. The third kappa shape index (κ3) is 5.56. The van der Waals surface area contributed by atoms with Crippen LogP contribution in [-0.4, -0.2) is 31.4 Å². The Morgan fingerprint density at radius 1 is 0.800 bits per heavy atom. The molecular weight excluding hydrogens is 446 g/mol. The highest BCUT2D eigenvalue weighted by Crippen LogP contribution is 2.29. The van der Waals surface area contributed by atoms with Gasteiger partial charge in [-0.15, -0.1) is 0 Å². The van der Waals surface area contributed by atoms with E-state index in [-0.39, 0.29) is 17.9 Å². The number of hydrogen-bond acceptors (Lipinski definition) is 5. The van der Waals surface area contributed by atoms with Gasteiger partial charge in [0.2, 0.25) is 5.91 Å². The van der Waals surface area contributed by atoms with Gasteiger partial charge in [0.05, 0.1) is 18.4 Å². The number of ether oxygens (including phenoxy) is 2. The molecule has 176 valence electrons. The summed E-state index contributed by atoms with van der Waals surface area (Å²) in [6, 6.07) is 24.2. The predicted molar refractivity (Wildman–Crippen MR) is 134 cm³/mol. The molecule has 0 saturated heterocycles. The molecule has 8 nitrogen and oxygen atoms in total. The Balaban J connectivity index is 1.54. The van der Waals surface area contributed by atoms with Crippen molar-refractivity contribution in [1.82, 2.24) is 0 Å². The van der Waals surface area contributed by atoms with Crippen molar-refractivity contribution in [2.75, 3.05) is 24.4 Å². The fourth-order valence-corrected chi connectivity index (χ4v) is 3.51. The number of methoxy groups -OCH3 is 1. The summed E-state index contributed by atoms with van der Waals surface area (Å²) in [6.07, 6.45) is 0. The van der Waals surface area contributed by atoms with Crippen LogP contribution in [0.5, 0.6) is 11.5 Å². The fraction of sp³-hybridized carbons (Fsp3) is 0.0741. The third-order valence-electron chi connectivity index (χ3n) is 5.26. The quantitative estimate of drug-likeness (QED) is 0.357. The van der Waals surface area contributed by atoms with Gasteiger partial charge in [0, 0.05) is 11.3 Å². The number of amides is 3. The third-order valence-corrected chi connectivity index (χ3v) is 5.26. The zero-order chi connectivity index (χ0) is 24.8. The van der Waals surface area contributed by atoms with Crippen LogP contribution in [0.4, 0.5) is 11.4 Å². The van der Waals surface area contributed by atoms with Crippen molar-refractivity contribution in [3.8, 4) is 11.5 Å². The van der Waals surface area contributed by atoms with E-state index in [1.807, 2.05) is 24.3 Å². The maximum atomic E-state index is 13.2. The standard InChI is InChI=1S/C27H23N3O5/c1-34-23-9-5-4-8-22(23)30-27(33)21-14-18-6-2-3-7-19(18)15-24(21)35-16-25(31)29-20-12-10-17(11-13-20)26(28)32/h2-15H,16H2,1H3,(H2,28,32)(H,29,31)(H,30,33). The second-order valence-electron chi connectivity index (χ2n) is 7.63. The summed E-state index contributed by atoms with van der Waals surface area (Å²) in [4.78, 5) is 36.9. The van der Waals surface area contributed by atoms with Crippen LogP contribution in [0, 0.1) is 0 Å². The number of primary amides is 1. The number of rotatable bonds is 8. The molecule has 4 aromatic carbocycles. The average Bonchev–Trinajstić information content (AvgIpc) is 2.87. The van der Waals surface area contributed by atoms with Gasteiger partial charge >= 0.3 is 0 Å². The van der Waals surface area contributed by atoms with Gasteiger partial charge in [0.25, 0.3) is 11.8 Å². The molecule has 0 aliphatic heterocycles. The summed E-state index contributed by atoms with van der Waals surface area (Å²) in [5.41, 5.74) is 6.83. The van der Waals surface area contributed by atoms with Crippen molar-refractivity contribution < 1.29 is 23.9 Å². The molecule has 4 rings (SSSR count). The summed E-state index contributed by atoms with van der Waals surface area (Å²) in [5, 5.41) is 7.24. The minimum absolute atomic E-state index is 0.260. The molecule has 8 heteroatoms. The van der Waals surface area contributed by atoms with Gasteiger partial charge in [0.1, 0.15) is 11.5 Å². The Morgan fingerprint density at radius 3 is 2.14 bits per heavy atom. The summed E-state index contributed by atoms with van der Waals surface area (Å²) < 4.78 is 11.1. The maximum absolute atomic E-state index is 13.2. The second kappa shape index (κ2) is 10.4. The van der Waals surface area contributed by atoms with Crippen LogP contribution in [-0.2, 0) is 4.79 Å². The SMILES string of the molecule is COc1ccccc1NC(=O)c1cc2ccccc2cc1OCC(=O)Nc1ccc(C(N)=O)cc1. The molecule has 0 aliphatic carbocycles. The number of fused-ring (bicyclic) bond motifs is 1. The summed E-state index contributed by atoms with van der Waals surface area (Å²) in [6.45, 7) is -0.329. The number of nitrogens with two attached hydrogens (primary N) is 1. The van der Waals surface area contributed by atoms with Gasteiger partial charge in [-0.1, -0.05) is 36.4 Å². The van der Waals surface area contributed by atoms with E-state index in [0.717, 1.165) is 10.8 Å². The van der Waals surface area contributed by atoms with E-state index in [1.165, 1.54) is 19.2 Å². The minimum atomic E-state index is -0.554. The molecule has 0 unspecified atom stereocenters. The van der Waals surface area contributed by atoms with Crippen LogP contribution in [0.3, 0.4) is 0 Å². The molecule has 0 radical (unpaired) electrons. The van der Waals surface area contributed by atoms with E-state index in [4.69, 9.17) is 15.2 Å². The van der Waals surface area contributed by atoms with Gasteiger partial charge in [-0.25, -0.2) is 0 Å². The van der Waals surface area contributed by atoms with Crippen molar-refractivity contribution in [2.45, 2.75) is 0 Å². The lowest BCUT2D eigenvalue weighted by atomic mass is 10.1. The number of benzene rings is 4. The Kier molecular flexibility index (Phi) is 6.92. The highest BCUT2D eigenvalue weighted by molar-refractivity contribution is 6.09. The lowest BCUT2D eigenvalue weighted by molar-refractivity contribution is -0.118. The molecule has 0 bridgehead atoms. The first-order chi connectivity index (χ1) is 16.9. The van der Waals surface area contributed by atoms with Crippen LogP contribution in [0.2, 0.25) is 0 Å². The largest absolute Gasteiger partial charge is 0.495 e. The van der Waals surface area contributed by atoms with Gasteiger partial charge < -0.3 is 25.8 Å². The van der Waals surface area contributed by atoms with Crippen LogP contribution in [0.25, 0.3) is 10.8 Å². The Labute approximate surface area is 201 Å². The summed E-state index contributed by atoms with van der Waals surface area (Å²) >= 11 is 0. The van der Waals surface area contributed by atoms with Crippen molar-refractivity contribution >= 4 is 39.9 Å². The van der Waals surface area contributed by atoms with Crippen LogP contribution in [0.1, 0.15) is 20.7 Å². The van der Waals surface area contributed by atoms with E-state index in [1.54, 1.807) is 48.5 Å². The molecule has 0 saturated carbocycles. The van der Waals surface area contributed by atoms with Gasteiger partial charge in [-0.3, -0.25) is 14.4 Å². The van der Waals surface area contributed by atoms with Gasteiger partial charge in [0.15, 0.2) is 6.61 Å². The second-order valence-corrected chi connectivity index (χ2v) is 7.63. The monoisotopic (exact) mass is 469 g/mol. The molecular formula is C27H23N3O5. The first kappa shape index (κ1) is 23.3. The van der Waals surface area contributed by atoms with Crippen LogP contribution in [0.15, 0.2) is 84.9 Å². The van der Waals surface area contributed by atoms with Crippen LogP contribution >= 0.6 is 0 Å². The molecule has 0 heterocycles. The fourth-order valence-electron chi connectivity index (χ4n) is 3.51. The summed E-state index contributed by atoms with van der Waals surface area (Å²) in [5.74, 6) is -0.610. The van der Waals surface area contributed by atoms with Crippen molar-refractivity contribution in [3.05, 3.63) is 96.1 Å².